The molecule has 0 spiro atoms. The first-order valence-corrected chi connectivity index (χ1v) is 12.3. The van der Waals surface area contributed by atoms with Crippen LogP contribution in [0.4, 0.5) is 30.2 Å². The second-order valence-corrected chi connectivity index (χ2v) is 13.9. The van der Waals surface area contributed by atoms with E-state index in [-0.39, 0.29) is 5.69 Å². The standard InChI is InChI=1S/C22H29F3N2O3Si/c1-14(2)31(15(3)4,16(5)6)30-19-10-7-17(8-11-19)26-18-9-12-21(27(28)29)20(13-18)22(23,24)25/h7-16,26H,1-6H3. The third kappa shape index (κ3) is 5.39. The number of nitrogens with zero attached hydrogens (tertiary/aromatic N) is 1. The maximum Gasteiger partial charge on any atom is 0.423 e. The van der Waals surface area contributed by atoms with Gasteiger partial charge >= 0.3 is 6.18 Å². The second kappa shape index (κ2) is 9.29. The molecule has 1 N–H and O–H groups in total. The van der Waals surface area contributed by atoms with Crippen molar-refractivity contribution in [2.75, 3.05) is 5.32 Å². The van der Waals surface area contributed by atoms with E-state index in [2.05, 4.69) is 46.9 Å². The van der Waals surface area contributed by atoms with Crippen LogP contribution < -0.4 is 9.74 Å². The highest BCUT2D eigenvalue weighted by Gasteiger charge is 2.47. The Bertz CT molecular complexity index is 891. The maximum absolute atomic E-state index is 13.2. The monoisotopic (exact) mass is 454 g/mol. The maximum atomic E-state index is 13.2. The van der Waals surface area contributed by atoms with Gasteiger partial charge in [0.2, 0.25) is 0 Å². The predicted octanol–water partition coefficient (Wildman–Crippen LogP) is 7.91. The molecular formula is C22H29F3N2O3Si. The number of nitrogens with one attached hydrogen (secondary N) is 1. The minimum atomic E-state index is -4.82. The van der Waals surface area contributed by atoms with Crippen LogP contribution in [-0.4, -0.2) is 13.2 Å². The number of hydrogen-bond acceptors (Lipinski definition) is 4. The van der Waals surface area contributed by atoms with Crippen molar-refractivity contribution in [1.29, 1.82) is 0 Å². The average molecular weight is 455 g/mol. The Balaban J connectivity index is 2.28. The molecular weight excluding hydrogens is 425 g/mol. The minimum Gasteiger partial charge on any atom is -0.543 e. The first kappa shape index (κ1) is 24.7. The van der Waals surface area contributed by atoms with Crippen molar-refractivity contribution in [2.24, 2.45) is 0 Å². The Kier molecular flexibility index (Phi) is 7.41. The third-order valence-electron chi connectivity index (χ3n) is 5.64. The molecule has 170 valence electrons. The lowest BCUT2D eigenvalue weighted by Gasteiger charge is -2.42. The summed E-state index contributed by atoms with van der Waals surface area (Å²) in [6.45, 7) is 13.1. The van der Waals surface area contributed by atoms with Gasteiger partial charge in [0.1, 0.15) is 11.3 Å². The van der Waals surface area contributed by atoms with Crippen LogP contribution >= 0.6 is 0 Å². The summed E-state index contributed by atoms with van der Waals surface area (Å²) in [5.74, 6) is 0.730. The van der Waals surface area contributed by atoms with Crippen molar-refractivity contribution in [3.05, 3.63) is 58.1 Å². The molecule has 31 heavy (non-hydrogen) atoms. The van der Waals surface area contributed by atoms with Crippen LogP contribution in [0, 0.1) is 10.1 Å². The lowest BCUT2D eigenvalue weighted by atomic mass is 10.1. The quantitative estimate of drug-likeness (QED) is 0.250. The molecule has 0 saturated heterocycles. The van der Waals surface area contributed by atoms with Gasteiger partial charge in [0.25, 0.3) is 14.0 Å². The molecule has 2 aromatic rings. The molecule has 5 nitrogen and oxygen atoms in total. The van der Waals surface area contributed by atoms with Gasteiger partial charge in [0.05, 0.1) is 4.92 Å². The molecule has 2 rings (SSSR count). The van der Waals surface area contributed by atoms with E-state index >= 15 is 0 Å². The van der Waals surface area contributed by atoms with Gasteiger partial charge in [-0.25, -0.2) is 0 Å². The molecule has 0 aromatic heterocycles. The van der Waals surface area contributed by atoms with Gasteiger partial charge in [-0.15, -0.1) is 0 Å². The fraction of sp³-hybridized carbons (Fsp3) is 0.455. The van der Waals surface area contributed by atoms with E-state index in [9.17, 15) is 23.3 Å². The van der Waals surface area contributed by atoms with Crippen LogP contribution in [0.15, 0.2) is 42.5 Å². The lowest BCUT2D eigenvalue weighted by Crippen LogP contribution is -2.50. The molecule has 0 aliphatic rings. The Hall–Kier alpha value is -2.55. The van der Waals surface area contributed by atoms with Crippen LogP contribution in [0.5, 0.6) is 5.75 Å². The van der Waals surface area contributed by atoms with Gasteiger partial charge in [-0.05, 0) is 53.0 Å². The highest BCUT2D eigenvalue weighted by Crippen LogP contribution is 2.43. The zero-order valence-corrected chi connectivity index (χ0v) is 19.6. The van der Waals surface area contributed by atoms with Crippen LogP contribution in [-0.2, 0) is 6.18 Å². The van der Waals surface area contributed by atoms with Crippen LogP contribution in [0.3, 0.4) is 0 Å². The third-order valence-corrected chi connectivity index (χ3v) is 11.6. The number of nitro groups is 1. The lowest BCUT2D eigenvalue weighted by molar-refractivity contribution is -0.388. The molecule has 0 saturated carbocycles. The number of anilines is 2. The SMILES string of the molecule is CC(C)[Si](Oc1ccc(Nc2ccc([N+](=O)[O-])c(C(F)(F)F)c2)cc1)(C(C)C)C(C)C. The normalized spacial score (nSPS) is 12.5. The summed E-state index contributed by atoms with van der Waals surface area (Å²) in [7, 11) is -2.11. The Morgan fingerprint density at radius 1 is 0.903 bits per heavy atom. The fourth-order valence-electron chi connectivity index (χ4n) is 4.33. The zero-order valence-electron chi connectivity index (χ0n) is 18.6. The summed E-state index contributed by atoms with van der Waals surface area (Å²) < 4.78 is 46.2. The minimum absolute atomic E-state index is 0.113. The molecule has 9 heteroatoms. The van der Waals surface area contributed by atoms with Gasteiger partial charge in [-0.3, -0.25) is 10.1 Å². The van der Waals surface area contributed by atoms with E-state index in [1.165, 1.54) is 6.07 Å². The molecule has 0 atom stereocenters. The molecule has 0 unspecified atom stereocenters. The average Bonchev–Trinajstić information content (AvgIpc) is 2.65. The molecule has 0 fully saturated rings. The summed E-state index contributed by atoms with van der Waals surface area (Å²) >= 11 is 0. The van der Waals surface area contributed by atoms with Gasteiger partial charge < -0.3 is 9.74 Å². The molecule has 0 aliphatic heterocycles. The molecule has 2 aromatic carbocycles. The molecule has 0 radical (unpaired) electrons. The second-order valence-electron chi connectivity index (χ2n) is 8.56. The first-order chi connectivity index (χ1) is 14.3. The van der Waals surface area contributed by atoms with E-state index < -0.39 is 30.7 Å². The predicted molar refractivity (Wildman–Crippen MR) is 119 cm³/mol. The van der Waals surface area contributed by atoms with E-state index in [1.54, 1.807) is 24.3 Å². The summed E-state index contributed by atoms with van der Waals surface area (Å²) in [4.78, 5) is 9.87. The fourth-order valence-corrected chi connectivity index (χ4v) is 9.58. The Labute approximate surface area is 181 Å². The molecule has 0 amide bonds. The number of benzene rings is 2. The first-order valence-electron chi connectivity index (χ1n) is 10.2. The Morgan fingerprint density at radius 3 is 1.81 bits per heavy atom. The van der Waals surface area contributed by atoms with Crippen LogP contribution in [0.2, 0.25) is 16.6 Å². The molecule has 0 bridgehead atoms. The van der Waals surface area contributed by atoms with Crippen LogP contribution in [0.25, 0.3) is 0 Å². The van der Waals surface area contributed by atoms with E-state index in [0.717, 1.165) is 17.9 Å². The van der Waals surface area contributed by atoms with Gasteiger partial charge in [-0.1, -0.05) is 41.5 Å². The summed E-state index contributed by atoms with van der Waals surface area (Å²) in [6.07, 6.45) is -4.82. The highest BCUT2D eigenvalue weighted by molar-refractivity contribution is 6.78. The Morgan fingerprint density at radius 2 is 1.39 bits per heavy atom. The van der Waals surface area contributed by atoms with Gasteiger partial charge in [-0.2, -0.15) is 13.2 Å². The van der Waals surface area contributed by atoms with E-state index in [0.29, 0.717) is 22.3 Å². The van der Waals surface area contributed by atoms with Crippen molar-refractivity contribution >= 4 is 25.4 Å². The van der Waals surface area contributed by atoms with Crippen LogP contribution in [0.1, 0.15) is 47.1 Å². The topological polar surface area (TPSA) is 64.4 Å². The van der Waals surface area contributed by atoms with Crippen molar-refractivity contribution < 1.29 is 22.5 Å². The summed E-state index contributed by atoms with van der Waals surface area (Å²) in [5, 5.41) is 13.8. The van der Waals surface area contributed by atoms with E-state index in [1.807, 2.05) is 0 Å². The van der Waals surface area contributed by atoms with Crippen molar-refractivity contribution in [3.63, 3.8) is 0 Å². The number of rotatable bonds is 8. The highest BCUT2D eigenvalue weighted by atomic mass is 28.4. The van der Waals surface area contributed by atoms with Crippen molar-refractivity contribution in [1.82, 2.24) is 0 Å². The van der Waals surface area contributed by atoms with Gasteiger partial charge in [0.15, 0.2) is 0 Å². The smallest absolute Gasteiger partial charge is 0.423 e. The number of halogens is 3. The van der Waals surface area contributed by atoms with E-state index in [4.69, 9.17) is 4.43 Å². The molecule has 0 aliphatic carbocycles. The summed E-state index contributed by atoms with van der Waals surface area (Å²) in [5.41, 5.74) is -0.367. The summed E-state index contributed by atoms with van der Waals surface area (Å²) in [6, 6.07) is 9.91. The number of hydrogen-bond donors (Lipinski definition) is 1. The largest absolute Gasteiger partial charge is 0.543 e. The van der Waals surface area contributed by atoms with Crippen molar-refractivity contribution in [2.45, 2.75) is 64.3 Å². The zero-order chi connectivity index (χ0) is 23.6. The number of alkyl halides is 3. The van der Waals surface area contributed by atoms with Crippen molar-refractivity contribution in [3.8, 4) is 5.75 Å². The van der Waals surface area contributed by atoms with Gasteiger partial charge in [0, 0.05) is 17.4 Å². The number of nitro benzene ring substituents is 1. The molecule has 0 heterocycles.